The number of anilines is 1. The quantitative estimate of drug-likeness (QED) is 0.774. The highest BCUT2D eigenvalue weighted by molar-refractivity contribution is 5.81. The summed E-state index contributed by atoms with van der Waals surface area (Å²) in [5, 5.41) is 11.8. The number of hydrogen-bond donors (Lipinski definition) is 2. The molecule has 0 spiro atoms. The normalized spacial score (nSPS) is 11.1. The molecule has 0 heterocycles. The van der Waals surface area contributed by atoms with Gasteiger partial charge in [0.25, 0.3) is 0 Å². The molecule has 0 aliphatic rings. The van der Waals surface area contributed by atoms with Gasteiger partial charge < -0.3 is 10.4 Å². The van der Waals surface area contributed by atoms with Crippen molar-refractivity contribution in [1.29, 1.82) is 0 Å². The minimum atomic E-state index is -0.935. The van der Waals surface area contributed by atoms with Crippen molar-refractivity contribution in [2.75, 3.05) is 5.32 Å². The summed E-state index contributed by atoms with van der Waals surface area (Å²) in [5.74, 6) is -0.863. The topological polar surface area (TPSA) is 49.3 Å². The lowest BCUT2D eigenvalue weighted by Gasteiger charge is -2.22. The van der Waals surface area contributed by atoms with E-state index in [1.165, 1.54) is 0 Å². The SMILES string of the molecule is Cc1ccc(NC(C)(C)C(=O)O)cc1. The van der Waals surface area contributed by atoms with Crippen molar-refractivity contribution in [3.63, 3.8) is 0 Å². The van der Waals surface area contributed by atoms with Crippen LogP contribution in [0, 0.1) is 6.92 Å². The monoisotopic (exact) mass is 193 g/mol. The van der Waals surface area contributed by atoms with E-state index in [0.29, 0.717) is 0 Å². The first kappa shape index (κ1) is 10.6. The summed E-state index contributed by atoms with van der Waals surface area (Å²) in [4.78, 5) is 10.8. The van der Waals surface area contributed by atoms with Crippen molar-refractivity contribution in [1.82, 2.24) is 0 Å². The minimum absolute atomic E-state index is 0.822. The maximum Gasteiger partial charge on any atom is 0.328 e. The number of nitrogens with one attached hydrogen (secondary N) is 1. The highest BCUT2D eigenvalue weighted by atomic mass is 16.4. The van der Waals surface area contributed by atoms with Crippen molar-refractivity contribution >= 4 is 11.7 Å². The van der Waals surface area contributed by atoms with Gasteiger partial charge in [0.1, 0.15) is 5.54 Å². The van der Waals surface area contributed by atoms with E-state index in [2.05, 4.69) is 5.32 Å². The Kier molecular flexibility index (Phi) is 2.79. The molecular weight excluding hydrogens is 178 g/mol. The predicted molar refractivity (Wildman–Crippen MR) is 56.5 cm³/mol. The molecule has 76 valence electrons. The first-order valence-corrected chi connectivity index (χ1v) is 4.50. The predicted octanol–water partition coefficient (Wildman–Crippen LogP) is 2.27. The van der Waals surface area contributed by atoms with Crippen LogP contribution in [-0.4, -0.2) is 16.6 Å². The molecule has 3 nitrogen and oxygen atoms in total. The van der Waals surface area contributed by atoms with Gasteiger partial charge >= 0.3 is 5.97 Å². The van der Waals surface area contributed by atoms with Gasteiger partial charge in [-0.15, -0.1) is 0 Å². The van der Waals surface area contributed by atoms with Crippen LogP contribution in [0.25, 0.3) is 0 Å². The van der Waals surface area contributed by atoms with Gasteiger partial charge in [0.15, 0.2) is 0 Å². The van der Waals surface area contributed by atoms with E-state index in [1.54, 1.807) is 13.8 Å². The molecule has 1 aromatic carbocycles. The molecule has 0 aliphatic carbocycles. The minimum Gasteiger partial charge on any atom is -0.480 e. The van der Waals surface area contributed by atoms with Crippen LogP contribution in [0.1, 0.15) is 19.4 Å². The van der Waals surface area contributed by atoms with E-state index in [-0.39, 0.29) is 0 Å². The maximum atomic E-state index is 10.8. The van der Waals surface area contributed by atoms with Crippen LogP contribution < -0.4 is 5.32 Å². The molecule has 0 aliphatic heterocycles. The Hall–Kier alpha value is -1.51. The number of aliphatic carboxylic acids is 1. The Morgan fingerprint density at radius 1 is 1.29 bits per heavy atom. The van der Waals surface area contributed by atoms with E-state index in [1.807, 2.05) is 31.2 Å². The molecule has 3 heteroatoms. The van der Waals surface area contributed by atoms with Crippen LogP contribution in [-0.2, 0) is 4.79 Å². The lowest BCUT2D eigenvalue weighted by molar-refractivity contribution is -0.141. The average molecular weight is 193 g/mol. The average Bonchev–Trinajstić information content (AvgIpc) is 2.08. The number of carboxylic acid groups (broad SMARTS) is 1. The maximum absolute atomic E-state index is 10.8. The Labute approximate surface area is 83.8 Å². The van der Waals surface area contributed by atoms with Crippen molar-refractivity contribution in [2.45, 2.75) is 26.3 Å². The van der Waals surface area contributed by atoms with Gasteiger partial charge in [0, 0.05) is 5.69 Å². The molecule has 0 atom stereocenters. The number of carbonyl (C=O) groups is 1. The van der Waals surface area contributed by atoms with Gasteiger partial charge in [0.05, 0.1) is 0 Å². The molecule has 0 radical (unpaired) electrons. The van der Waals surface area contributed by atoms with E-state index < -0.39 is 11.5 Å². The zero-order chi connectivity index (χ0) is 10.8. The summed E-state index contributed by atoms with van der Waals surface area (Å²) in [7, 11) is 0. The zero-order valence-corrected chi connectivity index (χ0v) is 8.66. The Morgan fingerprint density at radius 3 is 2.21 bits per heavy atom. The van der Waals surface area contributed by atoms with Crippen LogP contribution in [0.5, 0.6) is 0 Å². The second kappa shape index (κ2) is 3.70. The van der Waals surface area contributed by atoms with Gasteiger partial charge in [-0.3, -0.25) is 0 Å². The first-order valence-electron chi connectivity index (χ1n) is 4.50. The lowest BCUT2D eigenvalue weighted by atomic mass is 10.1. The highest BCUT2D eigenvalue weighted by Crippen LogP contribution is 2.15. The molecule has 2 N–H and O–H groups in total. The van der Waals surface area contributed by atoms with Crippen molar-refractivity contribution in [3.8, 4) is 0 Å². The fraction of sp³-hybridized carbons (Fsp3) is 0.364. The van der Waals surface area contributed by atoms with Crippen molar-refractivity contribution in [2.24, 2.45) is 0 Å². The Morgan fingerprint density at radius 2 is 1.79 bits per heavy atom. The standard InChI is InChI=1S/C11H15NO2/c1-8-4-6-9(7-5-8)12-11(2,3)10(13)14/h4-7,12H,1-3H3,(H,13,14). The Balaban J connectivity index is 2.79. The number of benzene rings is 1. The first-order chi connectivity index (χ1) is 6.42. The number of hydrogen-bond acceptors (Lipinski definition) is 2. The van der Waals surface area contributed by atoms with Crippen LogP contribution in [0.15, 0.2) is 24.3 Å². The van der Waals surface area contributed by atoms with Crippen molar-refractivity contribution < 1.29 is 9.90 Å². The van der Waals surface area contributed by atoms with Gasteiger partial charge in [-0.2, -0.15) is 0 Å². The van der Waals surface area contributed by atoms with Crippen LogP contribution in [0.3, 0.4) is 0 Å². The zero-order valence-electron chi connectivity index (χ0n) is 8.66. The summed E-state index contributed by atoms with van der Waals surface area (Å²) in [6.45, 7) is 5.26. The third kappa shape index (κ3) is 2.49. The summed E-state index contributed by atoms with van der Waals surface area (Å²) in [6.07, 6.45) is 0. The second-order valence-electron chi connectivity index (χ2n) is 3.92. The van der Waals surface area contributed by atoms with Gasteiger partial charge in [-0.1, -0.05) is 17.7 Å². The van der Waals surface area contributed by atoms with E-state index in [4.69, 9.17) is 5.11 Å². The van der Waals surface area contributed by atoms with Crippen molar-refractivity contribution in [3.05, 3.63) is 29.8 Å². The highest BCUT2D eigenvalue weighted by Gasteiger charge is 2.26. The summed E-state index contributed by atoms with van der Waals surface area (Å²) in [6, 6.07) is 7.64. The van der Waals surface area contributed by atoms with Crippen LogP contribution >= 0.6 is 0 Å². The summed E-state index contributed by atoms with van der Waals surface area (Å²) in [5.41, 5.74) is 1.04. The number of carboxylic acids is 1. The van der Waals surface area contributed by atoms with Crippen LogP contribution in [0.4, 0.5) is 5.69 Å². The smallest absolute Gasteiger partial charge is 0.328 e. The summed E-state index contributed by atoms with van der Waals surface area (Å²) < 4.78 is 0. The molecule has 0 amide bonds. The molecule has 0 fully saturated rings. The molecule has 0 saturated carbocycles. The van der Waals surface area contributed by atoms with E-state index >= 15 is 0 Å². The fourth-order valence-electron chi connectivity index (χ4n) is 1.05. The summed E-state index contributed by atoms with van der Waals surface area (Å²) >= 11 is 0. The van der Waals surface area contributed by atoms with E-state index in [9.17, 15) is 4.79 Å². The van der Waals surface area contributed by atoms with Gasteiger partial charge in [-0.05, 0) is 32.9 Å². The largest absolute Gasteiger partial charge is 0.480 e. The number of rotatable bonds is 3. The third-order valence-corrected chi connectivity index (χ3v) is 2.04. The second-order valence-corrected chi connectivity index (χ2v) is 3.92. The Bertz CT molecular complexity index is 328. The molecule has 0 aromatic heterocycles. The van der Waals surface area contributed by atoms with Gasteiger partial charge in [0.2, 0.25) is 0 Å². The molecule has 1 rings (SSSR count). The molecular formula is C11H15NO2. The lowest BCUT2D eigenvalue weighted by Crippen LogP contribution is -2.39. The molecule has 0 bridgehead atoms. The molecule has 1 aromatic rings. The van der Waals surface area contributed by atoms with Crippen LogP contribution in [0.2, 0.25) is 0 Å². The van der Waals surface area contributed by atoms with E-state index in [0.717, 1.165) is 11.3 Å². The van der Waals surface area contributed by atoms with Gasteiger partial charge in [-0.25, -0.2) is 4.79 Å². The molecule has 0 saturated heterocycles. The third-order valence-electron chi connectivity index (χ3n) is 2.04. The number of aryl methyl sites for hydroxylation is 1. The fourth-order valence-corrected chi connectivity index (χ4v) is 1.05. The molecule has 0 unspecified atom stereocenters. The molecule has 14 heavy (non-hydrogen) atoms.